The van der Waals surface area contributed by atoms with Gasteiger partial charge < -0.3 is 4.74 Å². The summed E-state index contributed by atoms with van der Waals surface area (Å²) >= 11 is 0. The molecule has 2 heterocycles. The van der Waals surface area contributed by atoms with E-state index in [-0.39, 0.29) is 30.5 Å². The van der Waals surface area contributed by atoms with Crippen LogP contribution in [-0.2, 0) is 14.3 Å². The molecule has 2 aliphatic rings. The van der Waals surface area contributed by atoms with Gasteiger partial charge in [0.25, 0.3) is 5.91 Å². The number of aryl methyl sites for hydroxylation is 1. The molecule has 0 N–H and O–H groups in total. The molecular formula is C20H27N3O4. The van der Waals surface area contributed by atoms with Gasteiger partial charge in [-0.1, -0.05) is 17.7 Å². The zero-order valence-electron chi connectivity index (χ0n) is 16.2. The third-order valence-corrected chi connectivity index (χ3v) is 5.31. The monoisotopic (exact) mass is 373 g/mol. The van der Waals surface area contributed by atoms with Gasteiger partial charge in [-0.2, -0.15) is 0 Å². The first kappa shape index (κ1) is 19.4. The lowest BCUT2D eigenvalue weighted by Crippen LogP contribution is -2.46. The fourth-order valence-corrected chi connectivity index (χ4v) is 3.67. The van der Waals surface area contributed by atoms with Crippen LogP contribution in [-0.4, -0.2) is 60.1 Å². The van der Waals surface area contributed by atoms with Crippen LogP contribution in [0.3, 0.4) is 0 Å². The molecular weight excluding hydrogens is 346 g/mol. The van der Waals surface area contributed by atoms with E-state index in [1.807, 2.05) is 31.2 Å². The molecule has 3 rings (SSSR count). The quantitative estimate of drug-likeness (QED) is 0.585. The van der Waals surface area contributed by atoms with Gasteiger partial charge in [0.2, 0.25) is 0 Å². The molecule has 0 radical (unpaired) electrons. The number of imide groups is 1. The second kappa shape index (κ2) is 8.08. The first-order chi connectivity index (χ1) is 12.9. The van der Waals surface area contributed by atoms with E-state index in [4.69, 9.17) is 4.74 Å². The molecule has 2 fully saturated rings. The predicted octanol–water partition coefficient (Wildman–Crippen LogP) is 2.38. The molecule has 3 amide bonds. The van der Waals surface area contributed by atoms with Crippen molar-refractivity contribution < 1.29 is 19.1 Å². The van der Waals surface area contributed by atoms with Gasteiger partial charge in [0.05, 0.1) is 19.2 Å². The van der Waals surface area contributed by atoms with Crippen molar-refractivity contribution in [1.29, 1.82) is 0 Å². The highest BCUT2D eigenvalue weighted by molar-refractivity contribution is 6.14. The number of nitrogens with zero attached hydrogens (tertiary/aromatic N) is 3. The van der Waals surface area contributed by atoms with Gasteiger partial charge in [-0.3, -0.25) is 19.4 Å². The molecule has 0 unspecified atom stereocenters. The van der Waals surface area contributed by atoms with Gasteiger partial charge in [0.15, 0.2) is 0 Å². The van der Waals surface area contributed by atoms with Crippen LogP contribution in [0.4, 0.5) is 10.5 Å². The first-order valence-corrected chi connectivity index (χ1v) is 9.52. The number of benzene rings is 1. The summed E-state index contributed by atoms with van der Waals surface area (Å²) in [5.74, 6) is -0.424. The van der Waals surface area contributed by atoms with Crippen molar-refractivity contribution in [2.75, 3.05) is 31.3 Å². The van der Waals surface area contributed by atoms with E-state index in [0.717, 1.165) is 11.3 Å². The van der Waals surface area contributed by atoms with Gasteiger partial charge in [0.1, 0.15) is 6.04 Å². The smallest absolute Gasteiger partial charge is 0.333 e. The summed E-state index contributed by atoms with van der Waals surface area (Å²) < 4.78 is 5.09. The van der Waals surface area contributed by atoms with Gasteiger partial charge >= 0.3 is 12.0 Å². The Kier molecular flexibility index (Phi) is 5.79. The highest BCUT2D eigenvalue weighted by Gasteiger charge is 2.44. The van der Waals surface area contributed by atoms with Crippen molar-refractivity contribution in [2.24, 2.45) is 5.92 Å². The zero-order valence-corrected chi connectivity index (χ0v) is 16.2. The molecule has 146 valence electrons. The fourth-order valence-electron chi connectivity index (χ4n) is 3.67. The number of amides is 3. The minimum absolute atomic E-state index is 0.0887. The molecule has 0 spiro atoms. The van der Waals surface area contributed by atoms with E-state index >= 15 is 0 Å². The predicted molar refractivity (Wildman–Crippen MR) is 101 cm³/mol. The van der Waals surface area contributed by atoms with Crippen LogP contribution in [0.15, 0.2) is 24.3 Å². The second-order valence-electron chi connectivity index (χ2n) is 7.22. The number of urea groups is 1. The lowest BCUT2D eigenvalue weighted by atomic mass is 9.97. The number of anilines is 1. The van der Waals surface area contributed by atoms with Crippen molar-refractivity contribution in [3.8, 4) is 0 Å². The van der Waals surface area contributed by atoms with Crippen molar-refractivity contribution in [3.63, 3.8) is 0 Å². The van der Waals surface area contributed by atoms with Gasteiger partial charge in [0, 0.05) is 18.8 Å². The lowest BCUT2D eigenvalue weighted by molar-refractivity contribution is -0.150. The Morgan fingerprint density at radius 3 is 2.37 bits per heavy atom. The summed E-state index contributed by atoms with van der Waals surface area (Å²) in [6.45, 7) is 7.53. The van der Waals surface area contributed by atoms with Gasteiger partial charge in [-0.25, -0.2) is 9.69 Å². The van der Waals surface area contributed by atoms with E-state index in [2.05, 4.69) is 4.90 Å². The van der Waals surface area contributed by atoms with Crippen LogP contribution in [0.5, 0.6) is 0 Å². The minimum atomic E-state index is -0.516. The molecule has 2 aliphatic heterocycles. The molecule has 1 aromatic carbocycles. The topological polar surface area (TPSA) is 70.2 Å². The fraction of sp³-hybridized carbons (Fsp3) is 0.550. The lowest BCUT2D eigenvalue weighted by Gasteiger charge is -2.32. The first-order valence-electron chi connectivity index (χ1n) is 9.52. The van der Waals surface area contributed by atoms with E-state index < -0.39 is 6.04 Å². The van der Waals surface area contributed by atoms with Crippen LogP contribution in [0.2, 0.25) is 0 Å². The SMILES string of the molecule is CCOC(=O)C1CCN(CN2C(=O)[C@H](C)N(c3ccc(C)cc3)C2=O)CC1. The average molecular weight is 373 g/mol. The molecule has 1 atom stereocenters. The van der Waals surface area contributed by atoms with Crippen LogP contribution in [0.1, 0.15) is 32.3 Å². The number of hydrogen-bond donors (Lipinski definition) is 0. The Bertz CT molecular complexity index is 710. The van der Waals surface area contributed by atoms with E-state index in [0.29, 0.717) is 32.5 Å². The maximum atomic E-state index is 12.9. The third kappa shape index (κ3) is 3.98. The molecule has 7 nitrogen and oxygen atoms in total. The largest absolute Gasteiger partial charge is 0.466 e. The Hall–Kier alpha value is -2.41. The number of rotatable bonds is 5. The van der Waals surface area contributed by atoms with Crippen molar-refractivity contribution >= 4 is 23.6 Å². The normalized spacial score (nSPS) is 21.8. The number of carbonyl (C=O) groups excluding carboxylic acids is 3. The molecule has 2 saturated heterocycles. The Morgan fingerprint density at radius 2 is 1.78 bits per heavy atom. The molecule has 1 aromatic rings. The van der Waals surface area contributed by atoms with Gasteiger partial charge in [-0.05, 0) is 45.7 Å². The third-order valence-electron chi connectivity index (χ3n) is 5.31. The van der Waals surface area contributed by atoms with Crippen molar-refractivity contribution in [1.82, 2.24) is 9.80 Å². The van der Waals surface area contributed by atoms with Crippen molar-refractivity contribution in [3.05, 3.63) is 29.8 Å². The molecule has 0 aliphatic carbocycles. The summed E-state index contributed by atoms with van der Waals surface area (Å²) in [5, 5.41) is 0. The summed E-state index contributed by atoms with van der Waals surface area (Å²) in [5.41, 5.74) is 1.83. The summed E-state index contributed by atoms with van der Waals surface area (Å²) in [6.07, 6.45) is 1.37. The van der Waals surface area contributed by atoms with Crippen LogP contribution >= 0.6 is 0 Å². The number of hydrogen-bond acceptors (Lipinski definition) is 5. The van der Waals surface area contributed by atoms with Crippen molar-refractivity contribution in [2.45, 2.75) is 39.7 Å². The summed E-state index contributed by atoms with van der Waals surface area (Å²) in [4.78, 5) is 42.3. The Morgan fingerprint density at radius 1 is 1.15 bits per heavy atom. The Labute approximate surface area is 159 Å². The molecule has 0 aromatic heterocycles. The number of likely N-dealkylation sites (tertiary alicyclic amines) is 1. The summed E-state index contributed by atoms with van der Waals surface area (Å²) in [6, 6.07) is 6.79. The maximum absolute atomic E-state index is 12.9. The van der Waals surface area contributed by atoms with E-state index in [1.165, 1.54) is 4.90 Å². The molecule has 7 heteroatoms. The number of ether oxygens (including phenoxy) is 1. The summed E-state index contributed by atoms with van der Waals surface area (Å²) in [7, 11) is 0. The standard InChI is InChI=1S/C20H27N3O4/c1-4-27-19(25)16-9-11-21(12-10-16)13-22-18(24)15(3)23(20(22)26)17-7-5-14(2)6-8-17/h5-8,15-16H,4,9-13H2,1-3H3/t15-/m0/s1. The molecule has 27 heavy (non-hydrogen) atoms. The number of esters is 1. The second-order valence-corrected chi connectivity index (χ2v) is 7.22. The maximum Gasteiger partial charge on any atom is 0.333 e. The van der Waals surface area contributed by atoms with Crippen LogP contribution in [0, 0.1) is 12.8 Å². The number of piperidine rings is 1. The minimum Gasteiger partial charge on any atom is -0.466 e. The highest BCUT2D eigenvalue weighted by Crippen LogP contribution is 2.27. The molecule has 0 saturated carbocycles. The van der Waals surface area contributed by atoms with E-state index in [9.17, 15) is 14.4 Å². The van der Waals surface area contributed by atoms with Crippen LogP contribution in [0.25, 0.3) is 0 Å². The van der Waals surface area contributed by atoms with Gasteiger partial charge in [-0.15, -0.1) is 0 Å². The average Bonchev–Trinajstić information content (AvgIpc) is 2.87. The highest BCUT2D eigenvalue weighted by atomic mass is 16.5. The van der Waals surface area contributed by atoms with E-state index in [1.54, 1.807) is 18.7 Å². The van der Waals surface area contributed by atoms with Crippen LogP contribution < -0.4 is 4.90 Å². The molecule has 0 bridgehead atoms. The zero-order chi connectivity index (χ0) is 19.6. The number of carbonyl (C=O) groups is 3. The Balaban J connectivity index is 1.62.